The van der Waals surface area contributed by atoms with Crippen LogP contribution in [0.4, 0.5) is 15.2 Å². The van der Waals surface area contributed by atoms with Gasteiger partial charge in [0.15, 0.2) is 4.34 Å². The fourth-order valence-electron chi connectivity index (χ4n) is 1.75. The van der Waals surface area contributed by atoms with Crippen LogP contribution in [0.15, 0.2) is 22.5 Å². The summed E-state index contributed by atoms with van der Waals surface area (Å²) in [6.45, 7) is 1.74. The second kappa shape index (κ2) is 7.02. The summed E-state index contributed by atoms with van der Waals surface area (Å²) in [4.78, 5) is 12.2. The van der Waals surface area contributed by atoms with Crippen LogP contribution in [0.1, 0.15) is 19.8 Å². The first-order chi connectivity index (χ1) is 11.0. The zero-order chi connectivity index (χ0) is 16.4. The normalized spacial score (nSPS) is 15.3. The fourth-order valence-corrected chi connectivity index (χ4v) is 3.88. The molecule has 0 spiro atoms. The molecular formula is C14H14ClFN4OS2. The Morgan fingerprint density at radius 1 is 1.48 bits per heavy atom. The lowest BCUT2D eigenvalue weighted by Gasteiger charge is -2.11. The van der Waals surface area contributed by atoms with Crippen molar-refractivity contribution in [2.24, 2.45) is 0 Å². The average molecular weight is 373 g/mol. The van der Waals surface area contributed by atoms with E-state index < -0.39 is 11.1 Å². The number of rotatable bonds is 6. The standard InChI is InChI=1S/C14H14ClFN4OS2/c1-7(12(21)18-11-5-2-8(15)6-10(11)16)22-14-20-19-13(23-14)17-9-3-4-9/h2,5-7,9H,3-4H2,1H3,(H,17,19)(H,18,21)/t7-/m0/s1. The lowest BCUT2D eigenvalue weighted by atomic mass is 10.3. The number of carbonyl (C=O) groups is 1. The van der Waals surface area contributed by atoms with E-state index in [1.165, 1.54) is 35.2 Å². The van der Waals surface area contributed by atoms with Gasteiger partial charge in [-0.05, 0) is 38.0 Å². The SMILES string of the molecule is C[C@H](Sc1nnc(NC2CC2)s1)C(=O)Nc1ccc(Cl)cc1F. The maximum Gasteiger partial charge on any atom is 0.237 e. The third-order valence-electron chi connectivity index (χ3n) is 3.15. The maximum atomic E-state index is 13.7. The molecule has 1 amide bonds. The number of amides is 1. The molecule has 0 aliphatic heterocycles. The summed E-state index contributed by atoms with van der Waals surface area (Å²) in [6.07, 6.45) is 2.32. The van der Waals surface area contributed by atoms with Crippen LogP contribution in [0.5, 0.6) is 0 Å². The summed E-state index contributed by atoms with van der Waals surface area (Å²) in [5, 5.41) is 14.5. The quantitative estimate of drug-likeness (QED) is 0.749. The van der Waals surface area contributed by atoms with Gasteiger partial charge in [0.1, 0.15) is 5.82 Å². The van der Waals surface area contributed by atoms with E-state index in [2.05, 4.69) is 20.8 Å². The molecule has 122 valence electrons. The molecule has 1 atom stereocenters. The molecule has 9 heteroatoms. The summed E-state index contributed by atoms with van der Waals surface area (Å²) >= 11 is 8.40. The number of aromatic nitrogens is 2. The molecule has 1 fully saturated rings. The van der Waals surface area contributed by atoms with Gasteiger partial charge in [-0.15, -0.1) is 10.2 Å². The summed E-state index contributed by atoms with van der Waals surface area (Å²) in [5.74, 6) is -0.863. The minimum absolute atomic E-state index is 0.111. The smallest absolute Gasteiger partial charge is 0.237 e. The fraction of sp³-hybridized carbons (Fsp3) is 0.357. The predicted octanol–water partition coefficient (Wildman–Crippen LogP) is 4.02. The Morgan fingerprint density at radius 2 is 2.26 bits per heavy atom. The van der Waals surface area contributed by atoms with Crippen LogP contribution in [0.25, 0.3) is 0 Å². The van der Waals surface area contributed by atoms with Gasteiger partial charge in [-0.25, -0.2) is 4.39 Å². The average Bonchev–Trinajstić information content (AvgIpc) is 3.20. The third kappa shape index (κ3) is 4.55. The molecule has 1 heterocycles. The molecule has 3 rings (SSSR count). The van der Waals surface area contributed by atoms with E-state index in [9.17, 15) is 9.18 Å². The van der Waals surface area contributed by atoms with E-state index in [0.29, 0.717) is 10.4 Å². The number of halogens is 2. The van der Waals surface area contributed by atoms with Gasteiger partial charge in [0.2, 0.25) is 11.0 Å². The summed E-state index contributed by atoms with van der Waals surface area (Å²) in [6, 6.07) is 4.64. The van der Waals surface area contributed by atoms with Crippen molar-refractivity contribution in [1.29, 1.82) is 0 Å². The van der Waals surface area contributed by atoms with Gasteiger partial charge in [-0.3, -0.25) is 4.79 Å². The number of anilines is 2. The molecule has 2 N–H and O–H groups in total. The lowest BCUT2D eigenvalue weighted by molar-refractivity contribution is -0.115. The van der Waals surface area contributed by atoms with Gasteiger partial charge in [0.05, 0.1) is 10.9 Å². The van der Waals surface area contributed by atoms with Gasteiger partial charge in [0.25, 0.3) is 0 Å². The molecule has 0 radical (unpaired) electrons. The number of hydrogen-bond acceptors (Lipinski definition) is 6. The summed E-state index contributed by atoms with van der Waals surface area (Å²) in [5.41, 5.74) is 0.111. The topological polar surface area (TPSA) is 66.9 Å². The van der Waals surface area contributed by atoms with Crippen molar-refractivity contribution in [2.75, 3.05) is 10.6 Å². The molecule has 1 aliphatic carbocycles. The number of nitrogens with zero attached hydrogens (tertiary/aromatic N) is 2. The van der Waals surface area contributed by atoms with Crippen LogP contribution in [-0.4, -0.2) is 27.4 Å². The molecule has 1 saturated carbocycles. The highest BCUT2D eigenvalue weighted by Crippen LogP contribution is 2.32. The highest BCUT2D eigenvalue weighted by Gasteiger charge is 2.23. The molecule has 1 aromatic carbocycles. The Labute approximate surface area is 146 Å². The van der Waals surface area contributed by atoms with Crippen molar-refractivity contribution < 1.29 is 9.18 Å². The third-order valence-corrected chi connectivity index (χ3v) is 5.42. The number of thioether (sulfide) groups is 1. The lowest BCUT2D eigenvalue weighted by Crippen LogP contribution is -2.22. The molecule has 0 saturated heterocycles. The Morgan fingerprint density at radius 3 is 2.96 bits per heavy atom. The first-order valence-corrected chi connectivity index (χ1v) is 9.11. The van der Waals surface area contributed by atoms with Crippen LogP contribution in [0.2, 0.25) is 5.02 Å². The van der Waals surface area contributed by atoms with E-state index in [1.54, 1.807) is 6.92 Å². The van der Waals surface area contributed by atoms with Gasteiger partial charge in [-0.2, -0.15) is 0 Å². The number of benzene rings is 1. The molecule has 1 aromatic heterocycles. The zero-order valence-electron chi connectivity index (χ0n) is 12.2. The minimum atomic E-state index is -0.560. The van der Waals surface area contributed by atoms with E-state index >= 15 is 0 Å². The number of hydrogen-bond donors (Lipinski definition) is 2. The Hall–Kier alpha value is -1.38. The minimum Gasteiger partial charge on any atom is -0.357 e. The molecular weight excluding hydrogens is 359 g/mol. The summed E-state index contributed by atoms with van der Waals surface area (Å²) in [7, 11) is 0. The molecule has 2 aromatic rings. The van der Waals surface area contributed by atoms with Crippen LogP contribution in [-0.2, 0) is 4.79 Å². The Balaban J connectivity index is 1.57. The molecule has 5 nitrogen and oxygen atoms in total. The van der Waals surface area contributed by atoms with Crippen LogP contribution in [0.3, 0.4) is 0 Å². The Bertz CT molecular complexity index is 723. The van der Waals surface area contributed by atoms with Crippen LogP contribution in [0, 0.1) is 5.82 Å². The Kier molecular flexibility index (Phi) is 5.03. The van der Waals surface area contributed by atoms with E-state index in [-0.39, 0.29) is 16.6 Å². The number of carbonyl (C=O) groups excluding carboxylic acids is 1. The first kappa shape index (κ1) is 16.5. The van der Waals surface area contributed by atoms with Gasteiger partial charge in [-0.1, -0.05) is 34.7 Å². The highest BCUT2D eigenvalue weighted by molar-refractivity contribution is 8.02. The molecule has 1 aliphatic rings. The second-order valence-electron chi connectivity index (χ2n) is 5.17. The van der Waals surface area contributed by atoms with Crippen molar-refractivity contribution in [3.8, 4) is 0 Å². The van der Waals surface area contributed by atoms with Crippen molar-refractivity contribution >= 4 is 51.4 Å². The highest BCUT2D eigenvalue weighted by atomic mass is 35.5. The van der Waals surface area contributed by atoms with Gasteiger partial charge in [0, 0.05) is 11.1 Å². The van der Waals surface area contributed by atoms with Crippen LogP contribution < -0.4 is 10.6 Å². The monoisotopic (exact) mass is 372 g/mol. The largest absolute Gasteiger partial charge is 0.357 e. The molecule has 0 unspecified atom stereocenters. The van der Waals surface area contributed by atoms with Crippen LogP contribution >= 0.6 is 34.7 Å². The molecule has 23 heavy (non-hydrogen) atoms. The van der Waals surface area contributed by atoms with E-state index in [0.717, 1.165) is 24.0 Å². The maximum absolute atomic E-state index is 13.7. The zero-order valence-corrected chi connectivity index (χ0v) is 14.6. The van der Waals surface area contributed by atoms with E-state index in [4.69, 9.17) is 11.6 Å². The molecule has 0 bridgehead atoms. The first-order valence-electron chi connectivity index (χ1n) is 7.04. The van der Waals surface area contributed by atoms with Gasteiger partial charge >= 0.3 is 0 Å². The van der Waals surface area contributed by atoms with Crippen molar-refractivity contribution in [2.45, 2.75) is 35.4 Å². The van der Waals surface area contributed by atoms with E-state index in [1.807, 2.05) is 0 Å². The van der Waals surface area contributed by atoms with Crippen molar-refractivity contribution in [3.05, 3.63) is 29.0 Å². The second-order valence-corrected chi connectivity index (χ2v) is 8.17. The van der Waals surface area contributed by atoms with Crippen molar-refractivity contribution in [1.82, 2.24) is 10.2 Å². The van der Waals surface area contributed by atoms with Gasteiger partial charge < -0.3 is 10.6 Å². The summed E-state index contributed by atoms with van der Waals surface area (Å²) < 4.78 is 14.4. The van der Waals surface area contributed by atoms with Crippen molar-refractivity contribution in [3.63, 3.8) is 0 Å². The number of nitrogens with one attached hydrogen (secondary N) is 2. The predicted molar refractivity (Wildman–Crippen MR) is 91.9 cm³/mol.